The molecular weight excluding hydrogens is 388 g/mol. The summed E-state index contributed by atoms with van der Waals surface area (Å²) in [5, 5.41) is 3.08. The van der Waals surface area contributed by atoms with Crippen molar-refractivity contribution in [2.75, 3.05) is 18.0 Å². The van der Waals surface area contributed by atoms with E-state index in [1.807, 2.05) is 31.2 Å². The summed E-state index contributed by atoms with van der Waals surface area (Å²) >= 11 is 0. The van der Waals surface area contributed by atoms with Gasteiger partial charge in [0.2, 0.25) is 5.91 Å². The Hall–Kier alpha value is -3.41. The van der Waals surface area contributed by atoms with E-state index in [0.29, 0.717) is 12.4 Å². The Balaban J connectivity index is 1.34. The van der Waals surface area contributed by atoms with Crippen LogP contribution in [0.4, 0.5) is 5.82 Å². The summed E-state index contributed by atoms with van der Waals surface area (Å²) in [7, 11) is 0. The highest BCUT2D eigenvalue weighted by atomic mass is 16.5. The molecule has 2 aromatic carbocycles. The first-order valence-corrected chi connectivity index (χ1v) is 10.7. The summed E-state index contributed by atoms with van der Waals surface area (Å²) in [5.41, 5.74) is 3.46. The first kappa shape index (κ1) is 20.8. The minimum Gasteiger partial charge on any atom is -0.436 e. The number of carbonyl (C=O) groups excluding carboxylic acids is 1. The van der Waals surface area contributed by atoms with Crippen molar-refractivity contribution in [1.29, 1.82) is 0 Å². The number of aromatic nitrogens is 2. The molecule has 3 aromatic rings. The number of nitrogens with one attached hydrogen (secondary N) is 1. The van der Waals surface area contributed by atoms with Crippen LogP contribution in [-0.2, 0) is 11.3 Å². The number of piperidine rings is 1. The number of carbonyl (C=O) groups is 1. The molecule has 0 spiro atoms. The zero-order chi connectivity index (χ0) is 21.6. The van der Waals surface area contributed by atoms with Gasteiger partial charge in [-0.05, 0) is 49.9 Å². The van der Waals surface area contributed by atoms with Gasteiger partial charge in [0, 0.05) is 37.9 Å². The SMILES string of the molecule is Cc1ccc(CNC(=O)C2CCN(c3nccnc3Oc3cccc(C)c3)CC2)cc1. The summed E-state index contributed by atoms with van der Waals surface area (Å²) in [4.78, 5) is 23.7. The standard InChI is InChI=1S/C25H28N4O2/c1-18-6-8-20(9-7-18)17-28-24(30)21-10-14-29(15-11-21)23-25(27-13-12-26-23)31-22-5-3-4-19(2)16-22/h3-9,12-13,16,21H,10-11,14-15,17H2,1-2H3,(H,28,30). The maximum atomic E-state index is 12.6. The lowest BCUT2D eigenvalue weighted by Crippen LogP contribution is -2.40. The number of rotatable bonds is 6. The molecule has 0 aliphatic carbocycles. The molecule has 0 atom stereocenters. The largest absolute Gasteiger partial charge is 0.436 e. The molecule has 1 saturated heterocycles. The van der Waals surface area contributed by atoms with Gasteiger partial charge in [-0.3, -0.25) is 4.79 Å². The van der Waals surface area contributed by atoms with Gasteiger partial charge in [0.25, 0.3) is 5.88 Å². The molecular formula is C25H28N4O2. The van der Waals surface area contributed by atoms with Crippen molar-refractivity contribution in [2.24, 2.45) is 5.92 Å². The van der Waals surface area contributed by atoms with Crippen LogP contribution < -0.4 is 15.0 Å². The highest BCUT2D eigenvalue weighted by molar-refractivity contribution is 5.79. The number of amides is 1. The fraction of sp³-hybridized carbons (Fsp3) is 0.320. The Morgan fingerprint density at radius 2 is 1.77 bits per heavy atom. The van der Waals surface area contributed by atoms with E-state index >= 15 is 0 Å². The monoisotopic (exact) mass is 416 g/mol. The number of benzene rings is 2. The van der Waals surface area contributed by atoms with Crippen molar-refractivity contribution in [2.45, 2.75) is 33.2 Å². The lowest BCUT2D eigenvalue weighted by molar-refractivity contribution is -0.125. The predicted molar refractivity (Wildman–Crippen MR) is 121 cm³/mol. The smallest absolute Gasteiger partial charge is 0.263 e. The third kappa shape index (κ3) is 5.40. The fourth-order valence-corrected chi connectivity index (χ4v) is 3.79. The van der Waals surface area contributed by atoms with Crippen LogP contribution in [0.3, 0.4) is 0 Å². The van der Waals surface area contributed by atoms with Gasteiger partial charge in [-0.1, -0.05) is 42.0 Å². The highest BCUT2D eigenvalue weighted by Crippen LogP contribution is 2.31. The van der Waals surface area contributed by atoms with Gasteiger partial charge in [0.1, 0.15) is 5.75 Å². The molecule has 1 N–H and O–H groups in total. The molecule has 1 aliphatic rings. The molecule has 0 saturated carbocycles. The van der Waals surface area contributed by atoms with Crippen molar-refractivity contribution in [3.8, 4) is 11.6 Å². The summed E-state index contributed by atoms with van der Waals surface area (Å²) in [6.07, 6.45) is 4.87. The topological polar surface area (TPSA) is 67.4 Å². The fourth-order valence-electron chi connectivity index (χ4n) is 3.79. The zero-order valence-electron chi connectivity index (χ0n) is 18.0. The number of aryl methyl sites for hydroxylation is 2. The summed E-state index contributed by atoms with van der Waals surface area (Å²) < 4.78 is 6.02. The average molecular weight is 417 g/mol. The molecule has 0 unspecified atom stereocenters. The molecule has 0 bridgehead atoms. The lowest BCUT2D eigenvalue weighted by atomic mass is 9.96. The Bertz CT molecular complexity index is 1030. The second kappa shape index (κ2) is 9.60. The van der Waals surface area contributed by atoms with Crippen molar-refractivity contribution in [3.63, 3.8) is 0 Å². The molecule has 6 nitrogen and oxygen atoms in total. The van der Waals surface area contributed by atoms with Crippen molar-refractivity contribution in [3.05, 3.63) is 77.6 Å². The van der Waals surface area contributed by atoms with E-state index in [-0.39, 0.29) is 11.8 Å². The van der Waals surface area contributed by atoms with Gasteiger partial charge in [0.15, 0.2) is 5.82 Å². The maximum Gasteiger partial charge on any atom is 0.263 e. The number of hydrogen-bond acceptors (Lipinski definition) is 5. The van der Waals surface area contributed by atoms with Gasteiger partial charge in [0.05, 0.1) is 0 Å². The molecule has 1 aliphatic heterocycles. The van der Waals surface area contributed by atoms with E-state index < -0.39 is 0 Å². The van der Waals surface area contributed by atoms with Crippen LogP contribution in [0.1, 0.15) is 29.5 Å². The third-order valence-electron chi connectivity index (χ3n) is 5.60. The first-order chi connectivity index (χ1) is 15.1. The zero-order valence-corrected chi connectivity index (χ0v) is 18.0. The average Bonchev–Trinajstić information content (AvgIpc) is 2.79. The second-order valence-electron chi connectivity index (χ2n) is 8.07. The van der Waals surface area contributed by atoms with E-state index in [0.717, 1.165) is 48.6 Å². The van der Waals surface area contributed by atoms with Crippen LogP contribution in [0.25, 0.3) is 0 Å². The maximum absolute atomic E-state index is 12.6. The Labute approximate surface area is 183 Å². The van der Waals surface area contributed by atoms with Gasteiger partial charge < -0.3 is 15.0 Å². The Morgan fingerprint density at radius 1 is 1.03 bits per heavy atom. The summed E-state index contributed by atoms with van der Waals surface area (Å²) in [5.74, 6) is 2.10. The quantitative estimate of drug-likeness (QED) is 0.644. The van der Waals surface area contributed by atoms with Crippen LogP contribution in [0.15, 0.2) is 60.9 Å². The minimum absolute atomic E-state index is 0.0134. The van der Waals surface area contributed by atoms with E-state index in [4.69, 9.17) is 4.74 Å². The Kier molecular flexibility index (Phi) is 6.46. The first-order valence-electron chi connectivity index (χ1n) is 10.7. The number of nitrogens with zero attached hydrogens (tertiary/aromatic N) is 3. The molecule has 4 rings (SSSR count). The van der Waals surface area contributed by atoms with E-state index in [2.05, 4.69) is 51.4 Å². The molecule has 0 radical (unpaired) electrons. The summed E-state index contributed by atoms with van der Waals surface area (Å²) in [6.45, 7) is 6.14. The lowest BCUT2D eigenvalue weighted by Gasteiger charge is -2.32. The van der Waals surface area contributed by atoms with Crippen LogP contribution in [0.5, 0.6) is 11.6 Å². The van der Waals surface area contributed by atoms with Crippen molar-refractivity contribution in [1.82, 2.24) is 15.3 Å². The van der Waals surface area contributed by atoms with Crippen LogP contribution >= 0.6 is 0 Å². The van der Waals surface area contributed by atoms with Gasteiger partial charge in [-0.25, -0.2) is 9.97 Å². The van der Waals surface area contributed by atoms with E-state index in [1.165, 1.54) is 5.56 Å². The molecule has 1 fully saturated rings. The highest BCUT2D eigenvalue weighted by Gasteiger charge is 2.27. The van der Waals surface area contributed by atoms with Gasteiger partial charge in [-0.15, -0.1) is 0 Å². The van der Waals surface area contributed by atoms with Gasteiger partial charge >= 0.3 is 0 Å². The Morgan fingerprint density at radius 3 is 2.52 bits per heavy atom. The third-order valence-corrected chi connectivity index (χ3v) is 5.60. The molecule has 6 heteroatoms. The van der Waals surface area contributed by atoms with Crippen LogP contribution in [0, 0.1) is 19.8 Å². The van der Waals surface area contributed by atoms with E-state index in [9.17, 15) is 4.79 Å². The summed E-state index contributed by atoms with van der Waals surface area (Å²) in [6, 6.07) is 16.1. The molecule has 31 heavy (non-hydrogen) atoms. The normalized spacial score (nSPS) is 14.3. The minimum atomic E-state index is 0.0134. The van der Waals surface area contributed by atoms with Crippen LogP contribution in [0.2, 0.25) is 0 Å². The van der Waals surface area contributed by atoms with Crippen LogP contribution in [-0.4, -0.2) is 29.0 Å². The second-order valence-corrected chi connectivity index (χ2v) is 8.07. The molecule has 1 aromatic heterocycles. The van der Waals surface area contributed by atoms with Gasteiger partial charge in [-0.2, -0.15) is 0 Å². The van der Waals surface area contributed by atoms with E-state index in [1.54, 1.807) is 12.4 Å². The number of ether oxygens (including phenoxy) is 1. The molecule has 2 heterocycles. The number of anilines is 1. The predicted octanol–water partition coefficient (Wildman–Crippen LogP) is 4.42. The van der Waals surface area contributed by atoms with Crippen molar-refractivity contribution < 1.29 is 9.53 Å². The van der Waals surface area contributed by atoms with Crippen molar-refractivity contribution >= 4 is 11.7 Å². The number of hydrogen-bond donors (Lipinski definition) is 1. The molecule has 160 valence electrons. The molecule has 1 amide bonds.